The fraction of sp³-hybridized carbons (Fsp3) is 0.174. The van der Waals surface area contributed by atoms with Gasteiger partial charge in [-0.15, -0.1) is 0 Å². The Bertz CT molecular complexity index is 1230. The first-order valence-electron chi connectivity index (χ1n) is 9.65. The molecule has 0 saturated carbocycles. The predicted molar refractivity (Wildman–Crippen MR) is 113 cm³/mol. The summed E-state index contributed by atoms with van der Waals surface area (Å²) in [6.07, 6.45) is 5.29. The molecule has 0 aliphatic rings. The lowest BCUT2D eigenvalue weighted by atomic mass is 10.1. The van der Waals surface area contributed by atoms with Gasteiger partial charge >= 0.3 is 5.63 Å². The lowest BCUT2D eigenvalue weighted by Crippen LogP contribution is -2.30. The number of aromatic nitrogens is 2. The van der Waals surface area contributed by atoms with Crippen molar-refractivity contribution in [2.24, 2.45) is 0 Å². The van der Waals surface area contributed by atoms with Gasteiger partial charge in [-0.3, -0.25) is 4.79 Å². The van der Waals surface area contributed by atoms with Crippen molar-refractivity contribution in [3.63, 3.8) is 0 Å². The number of nitrogens with zero attached hydrogens (tertiary/aromatic N) is 2. The molecule has 0 fully saturated rings. The number of rotatable bonds is 6. The SMILES string of the molecule is CCOc1cccc2cc(C(=O)N[C@@H](C)c3ccc(-n4ccnc4)cc3)c(=O)oc12. The maximum Gasteiger partial charge on any atom is 0.349 e. The molecule has 0 unspecified atom stereocenters. The van der Waals surface area contributed by atoms with Crippen molar-refractivity contribution in [2.45, 2.75) is 19.9 Å². The molecule has 0 aliphatic carbocycles. The van der Waals surface area contributed by atoms with E-state index >= 15 is 0 Å². The molecule has 0 bridgehead atoms. The number of nitrogens with one attached hydrogen (secondary N) is 1. The third-order valence-electron chi connectivity index (χ3n) is 4.81. The van der Waals surface area contributed by atoms with Gasteiger partial charge in [0.2, 0.25) is 0 Å². The largest absolute Gasteiger partial charge is 0.490 e. The molecular weight excluding hydrogens is 382 g/mol. The first-order chi connectivity index (χ1) is 14.6. The normalized spacial score (nSPS) is 11.9. The lowest BCUT2D eigenvalue weighted by Gasteiger charge is -2.15. The van der Waals surface area contributed by atoms with Gasteiger partial charge in [-0.2, -0.15) is 0 Å². The molecule has 0 aliphatic heterocycles. The van der Waals surface area contributed by atoms with Crippen LogP contribution in [0.4, 0.5) is 0 Å². The Labute approximate surface area is 172 Å². The van der Waals surface area contributed by atoms with Crippen LogP contribution in [0.3, 0.4) is 0 Å². The summed E-state index contributed by atoms with van der Waals surface area (Å²) >= 11 is 0. The molecule has 30 heavy (non-hydrogen) atoms. The fourth-order valence-corrected chi connectivity index (χ4v) is 3.25. The van der Waals surface area contributed by atoms with Crippen LogP contribution in [-0.2, 0) is 0 Å². The number of imidazole rings is 1. The van der Waals surface area contributed by atoms with E-state index < -0.39 is 11.5 Å². The Hall–Kier alpha value is -3.87. The quantitative estimate of drug-likeness (QED) is 0.494. The van der Waals surface area contributed by atoms with Crippen LogP contribution in [0.5, 0.6) is 5.75 Å². The molecule has 1 amide bonds. The number of hydrogen-bond acceptors (Lipinski definition) is 5. The van der Waals surface area contributed by atoms with Gasteiger partial charge in [-0.05, 0) is 43.7 Å². The summed E-state index contributed by atoms with van der Waals surface area (Å²) in [6, 6.07) is 14.3. The Morgan fingerprint density at radius 3 is 2.73 bits per heavy atom. The summed E-state index contributed by atoms with van der Waals surface area (Å²) < 4.78 is 12.8. The molecule has 1 N–H and O–H groups in total. The predicted octanol–water partition coefficient (Wildman–Crippen LogP) is 3.87. The third-order valence-corrected chi connectivity index (χ3v) is 4.81. The van der Waals surface area contributed by atoms with E-state index in [0.717, 1.165) is 11.3 Å². The molecule has 152 valence electrons. The minimum atomic E-state index is -0.699. The average Bonchev–Trinajstić information content (AvgIpc) is 3.29. The lowest BCUT2D eigenvalue weighted by molar-refractivity contribution is 0.0936. The number of ether oxygens (including phenoxy) is 1. The topological polar surface area (TPSA) is 86.4 Å². The van der Waals surface area contributed by atoms with Gasteiger partial charge in [0.15, 0.2) is 11.3 Å². The van der Waals surface area contributed by atoms with Crippen molar-refractivity contribution < 1.29 is 13.9 Å². The van der Waals surface area contributed by atoms with E-state index in [0.29, 0.717) is 23.3 Å². The standard InChI is InChI=1S/C23H21N3O4/c1-3-29-20-6-4-5-17-13-19(23(28)30-21(17)20)22(27)25-15(2)16-7-9-18(10-8-16)26-12-11-24-14-26/h4-15H,3H2,1-2H3,(H,25,27)/t15-/m0/s1. The number of carbonyl (C=O) groups excluding carboxylic acids is 1. The maximum absolute atomic E-state index is 12.7. The van der Waals surface area contributed by atoms with Crippen LogP contribution >= 0.6 is 0 Å². The van der Waals surface area contributed by atoms with Gasteiger partial charge in [-0.25, -0.2) is 9.78 Å². The van der Waals surface area contributed by atoms with E-state index in [2.05, 4.69) is 10.3 Å². The van der Waals surface area contributed by atoms with Crippen LogP contribution in [0.25, 0.3) is 16.7 Å². The fourth-order valence-electron chi connectivity index (χ4n) is 3.25. The van der Waals surface area contributed by atoms with Crippen molar-refractivity contribution in [1.29, 1.82) is 0 Å². The number of carbonyl (C=O) groups is 1. The van der Waals surface area contributed by atoms with Crippen molar-refractivity contribution in [3.05, 3.63) is 88.8 Å². The van der Waals surface area contributed by atoms with Crippen LogP contribution in [0.15, 0.2) is 76.5 Å². The zero-order valence-corrected chi connectivity index (χ0v) is 16.7. The molecule has 0 spiro atoms. The molecule has 4 rings (SSSR count). The molecule has 4 aromatic rings. The third kappa shape index (κ3) is 3.82. The molecule has 2 aromatic heterocycles. The van der Waals surface area contributed by atoms with E-state index in [-0.39, 0.29) is 11.6 Å². The van der Waals surface area contributed by atoms with Gasteiger partial charge in [0.05, 0.1) is 19.0 Å². The van der Waals surface area contributed by atoms with Gasteiger partial charge < -0.3 is 19.0 Å². The van der Waals surface area contributed by atoms with Crippen LogP contribution < -0.4 is 15.7 Å². The number of amides is 1. The maximum atomic E-state index is 12.7. The van der Waals surface area contributed by atoms with Gasteiger partial charge in [0, 0.05) is 23.5 Å². The second kappa shape index (κ2) is 8.24. The zero-order chi connectivity index (χ0) is 21.1. The minimum Gasteiger partial charge on any atom is -0.490 e. The highest BCUT2D eigenvalue weighted by Gasteiger charge is 2.18. The highest BCUT2D eigenvalue weighted by atomic mass is 16.5. The summed E-state index contributed by atoms with van der Waals surface area (Å²) in [7, 11) is 0. The summed E-state index contributed by atoms with van der Waals surface area (Å²) in [5.74, 6) is -0.0101. The molecule has 0 radical (unpaired) electrons. The highest BCUT2D eigenvalue weighted by molar-refractivity contribution is 5.97. The summed E-state index contributed by atoms with van der Waals surface area (Å²) in [4.78, 5) is 29.2. The number of hydrogen-bond donors (Lipinski definition) is 1. The van der Waals surface area contributed by atoms with Crippen molar-refractivity contribution >= 4 is 16.9 Å². The van der Waals surface area contributed by atoms with E-state index in [1.54, 1.807) is 30.7 Å². The number of para-hydroxylation sites is 1. The van der Waals surface area contributed by atoms with Gasteiger partial charge in [0.1, 0.15) is 5.56 Å². The first-order valence-corrected chi connectivity index (χ1v) is 9.65. The van der Waals surface area contributed by atoms with E-state index in [1.807, 2.05) is 48.9 Å². The molecule has 2 heterocycles. The van der Waals surface area contributed by atoms with Crippen LogP contribution in [-0.4, -0.2) is 22.1 Å². The number of fused-ring (bicyclic) bond motifs is 1. The van der Waals surface area contributed by atoms with Gasteiger partial charge in [0.25, 0.3) is 5.91 Å². The van der Waals surface area contributed by atoms with E-state index in [9.17, 15) is 9.59 Å². The Kier molecular flexibility index (Phi) is 5.34. The number of benzene rings is 2. The monoisotopic (exact) mass is 403 g/mol. The molecule has 2 aromatic carbocycles. The Balaban J connectivity index is 1.55. The Morgan fingerprint density at radius 1 is 1.23 bits per heavy atom. The molecular formula is C23H21N3O4. The molecule has 0 saturated heterocycles. The second-order valence-electron chi connectivity index (χ2n) is 6.81. The smallest absolute Gasteiger partial charge is 0.349 e. The van der Waals surface area contributed by atoms with Crippen molar-refractivity contribution in [2.75, 3.05) is 6.61 Å². The zero-order valence-electron chi connectivity index (χ0n) is 16.7. The van der Waals surface area contributed by atoms with Crippen LogP contribution in [0.1, 0.15) is 35.8 Å². The van der Waals surface area contributed by atoms with Gasteiger partial charge in [-0.1, -0.05) is 24.3 Å². The van der Waals surface area contributed by atoms with Crippen molar-refractivity contribution in [1.82, 2.24) is 14.9 Å². The van der Waals surface area contributed by atoms with Crippen molar-refractivity contribution in [3.8, 4) is 11.4 Å². The first kappa shape index (κ1) is 19.4. The Morgan fingerprint density at radius 2 is 2.03 bits per heavy atom. The van der Waals surface area contributed by atoms with E-state index in [1.165, 1.54) is 6.07 Å². The highest BCUT2D eigenvalue weighted by Crippen LogP contribution is 2.25. The van der Waals surface area contributed by atoms with E-state index in [4.69, 9.17) is 9.15 Å². The summed E-state index contributed by atoms with van der Waals surface area (Å²) in [6.45, 7) is 4.16. The molecule has 1 atom stereocenters. The second-order valence-corrected chi connectivity index (χ2v) is 6.81. The van der Waals surface area contributed by atoms with Crippen LogP contribution in [0.2, 0.25) is 0 Å². The molecule has 7 heteroatoms. The molecule has 7 nitrogen and oxygen atoms in total. The minimum absolute atomic E-state index is 0.0435. The summed E-state index contributed by atoms with van der Waals surface area (Å²) in [5.41, 5.74) is 1.47. The van der Waals surface area contributed by atoms with Crippen LogP contribution in [0, 0.1) is 0 Å². The average molecular weight is 403 g/mol. The summed E-state index contributed by atoms with van der Waals surface area (Å²) in [5, 5.41) is 3.49.